The molecule has 20 heavy (non-hydrogen) atoms. The van der Waals surface area contributed by atoms with E-state index in [1.807, 2.05) is 19.1 Å². The second-order valence-corrected chi connectivity index (χ2v) is 7.14. The third-order valence-electron chi connectivity index (χ3n) is 3.20. The van der Waals surface area contributed by atoms with E-state index in [1.165, 1.54) is 18.1 Å². The summed E-state index contributed by atoms with van der Waals surface area (Å²) in [5.41, 5.74) is 0.908. The van der Waals surface area contributed by atoms with Gasteiger partial charge in [0.1, 0.15) is 0 Å². The Labute approximate surface area is 131 Å². The van der Waals surface area contributed by atoms with Crippen molar-refractivity contribution in [2.75, 3.05) is 7.11 Å². The van der Waals surface area contributed by atoms with Gasteiger partial charge in [-0.15, -0.1) is 11.3 Å². The van der Waals surface area contributed by atoms with Gasteiger partial charge in [0.25, 0.3) is 0 Å². The molecule has 0 aliphatic rings. The van der Waals surface area contributed by atoms with Crippen LogP contribution in [0.25, 0.3) is 0 Å². The van der Waals surface area contributed by atoms with Crippen molar-refractivity contribution in [3.8, 4) is 5.75 Å². The van der Waals surface area contributed by atoms with Gasteiger partial charge in [-0.25, -0.2) is 4.39 Å². The Morgan fingerprint density at radius 1 is 1.20 bits per heavy atom. The lowest BCUT2D eigenvalue weighted by Crippen LogP contribution is -2.21. The molecule has 0 radical (unpaired) electrons. The van der Waals surface area contributed by atoms with Crippen LogP contribution < -0.4 is 10.1 Å². The zero-order valence-corrected chi connectivity index (χ0v) is 14.0. The maximum Gasteiger partial charge on any atom is 0.165 e. The van der Waals surface area contributed by atoms with Crippen LogP contribution >= 0.6 is 27.3 Å². The minimum atomic E-state index is -0.329. The molecule has 1 aromatic heterocycles. The van der Waals surface area contributed by atoms with Crippen molar-refractivity contribution in [1.29, 1.82) is 0 Å². The molecule has 108 valence electrons. The number of hydrogen-bond donors (Lipinski definition) is 1. The summed E-state index contributed by atoms with van der Waals surface area (Å²) < 4.78 is 19.8. The van der Waals surface area contributed by atoms with E-state index in [-0.39, 0.29) is 23.7 Å². The van der Waals surface area contributed by atoms with Gasteiger partial charge in [0.2, 0.25) is 0 Å². The number of rotatable bonds is 5. The zero-order chi connectivity index (χ0) is 14.7. The molecule has 0 spiro atoms. The van der Waals surface area contributed by atoms with Crippen LogP contribution in [-0.4, -0.2) is 7.11 Å². The van der Waals surface area contributed by atoms with Crippen LogP contribution in [0.2, 0.25) is 0 Å². The number of halogens is 2. The topological polar surface area (TPSA) is 21.3 Å². The maximum absolute atomic E-state index is 13.7. The number of hydrogen-bond acceptors (Lipinski definition) is 3. The van der Waals surface area contributed by atoms with Gasteiger partial charge in [-0.05, 0) is 59.6 Å². The van der Waals surface area contributed by atoms with Crippen LogP contribution in [0.4, 0.5) is 4.39 Å². The van der Waals surface area contributed by atoms with Crippen molar-refractivity contribution in [2.45, 2.75) is 25.9 Å². The highest BCUT2D eigenvalue weighted by atomic mass is 79.9. The summed E-state index contributed by atoms with van der Waals surface area (Å²) in [6.45, 7) is 4.13. The highest BCUT2D eigenvalue weighted by Gasteiger charge is 2.14. The van der Waals surface area contributed by atoms with Gasteiger partial charge in [-0.2, -0.15) is 0 Å². The highest BCUT2D eigenvalue weighted by molar-refractivity contribution is 9.11. The van der Waals surface area contributed by atoms with Crippen molar-refractivity contribution in [1.82, 2.24) is 5.32 Å². The Bertz CT molecular complexity index is 587. The first-order valence-electron chi connectivity index (χ1n) is 6.36. The van der Waals surface area contributed by atoms with Crippen molar-refractivity contribution in [3.63, 3.8) is 0 Å². The summed E-state index contributed by atoms with van der Waals surface area (Å²) in [4.78, 5) is 1.25. The molecule has 2 atom stereocenters. The maximum atomic E-state index is 13.7. The molecule has 2 nitrogen and oxygen atoms in total. The molecule has 5 heteroatoms. The molecule has 0 saturated heterocycles. The fraction of sp³-hybridized carbons (Fsp3) is 0.333. The van der Waals surface area contributed by atoms with Gasteiger partial charge in [-0.1, -0.05) is 6.07 Å². The predicted molar refractivity (Wildman–Crippen MR) is 84.9 cm³/mol. The predicted octanol–water partition coefficient (Wildman–Crippen LogP) is 5.07. The lowest BCUT2D eigenvalue weighted by Gasteiger charge is -2.20. The standard InChI is InChI=1S/C15H17BrFNOS/c1-9(11-4-5-13(19-3)12(17)8-11)18-10(2)14-6-7-15(16)20-14/h4-10,18H,1-3H3. The quantitative estimate of drug-likeness (QED) is 0.806. The normalized spacial score (nSPS) is 14.1. The smallest absolute Gasteiger partial charge is 0.165 e. The summed E-state index contributed by atoms with van der Waals surface area (Å²) >= 11 is 5.17. The molecule has 0 fully saturated rings. The van der Waals surface area contributed by atoms with Gasteiger partial charge in [0, 0.05) is 17.0 Å². The van der Waals surface area contributed by atoms with E-state index < -0.39 is 0 Å². The molecule has 0 amide bonds. The number of nitrogens with one attached hydrogen (secondary N) is 1. The summed E-state index contributed by atoms with van der Waals surface area (Å²) in [6.07, 6.45) is 0. The SMILES string of the molecule is COc1ccc(C(C)NC(C)c2ccc(Br)s2)cc1F. The van der Waals surface area contributed by atoms with E-state index in [9.17, 15) is 4.39 Å². The minimum Gasteiger partial charge on any atom is -0.494 e. The van der Waals surface area contributed by atoms with Crippen LogP contribution in [0, 0.1) is 5.82 Å². The number of thiophene rings is 1. The van der Waals surface area contributed by atoms with E-state index in [1.54, 1.807) is 17.4 Å². The van der Waals surface area contributed by atoms with Gasteiger partial charge in [0.05, 0.1) is 10.9 Å². The number of benzene rings is 1. The first kappa shape index (κ1) is 15.5. The number of methoxy groups -OCH3 is 1. The van der Waals surface area contributed by atoms with Gasteiger partial charge >= 0.3 is 0 Å². The third-order valence-corrected chi connectivity index (χ3v) is 5.00. The Kier molecular flexibility index (Phi) is 5.18. The molecule has 1 aromatic carbocycles. The van der Waals surface area contributed by atoms with Crippen LogP contribution in [0.5, 0.6) is 5.75 Å². The van der Waals surface area contributed by atoms with Crippen molar-refractivity contribution >= 4 is 27.3 Å². The molecule has 1 N–H and O–H groups in total. The van der Waals surface area contributed by atoms with Gasteiger partial charge in [-0.3, -0.25) is 0 Å². The van der Waals surface area contributed by atoms with Crippen LogP contribution in [0.3, 0.4) is 0 Å². The van der Waals surface area contributed by atoms with Crippen molar-refractivity contribution < 1.29 is 9.13 Å². The summed E-state index contributed by atoms with van der Waals surface area (Å²) in [5, 5.41) is 3.47. The Morgan fingerprint density at radius 2 is 1.95 bits per heavy atom. The average Bonchev–Trinajstić information content (AvgIpc) is 2.85. The lowest BCUT2D eigenvalue weighted by atomic mass is 10.1. The Hall–Kier alpha value is -0.910. The minimum absolute atomic E-state index is 0.0614. The largest absolute Gasteiger partial charge is 0.494 e. The van der Waals surface area contributed by atoms with Crippen LogP contribution in [0.15, 0.2) is 34.1 Å². The molecule has 0 saturated carbocycles. The average molecular weight is 358 g/mol. The third kappa shape index (κ3) is 3.59. The van der Waals surface area contributed by atoms with Gasteiger partial charge in [0.15, 0.2) is 11.6 Å². The summed E-state index contributed by atoms with van der Waals surface area (Å²) in [7, 11) is 1.47. The van der Waals surface area contributed by atoms with E-state index in [4.69, 9.17) is 4.74 Å². The number of ether oxygens (including phenoxy) is 1. The molecule has 0 aliphatic carbocycles. The summed E-state index contributed by atoms with van der Waals surface area (Å²) in [6, 6.07) is 9.47. The first-order chi connectivity index (χ1) is 9.51. The van der Waals surface area contributed by atoms with E-state index in [0.717, 1.165) is 9.35 Å². The molecule has 2 rings (SSSR count). The monoisotopic (exact) mass is 357 g/mol. The van der Waals surface area contributed by atoms with E-state index >= 15 is 0 Å². The van der Waals surface area contributed by atoms with E-state index in [0.29, 0.717) is 0 Å². The van der Waals surface area contributed by atoms with Crippen LogP contribution in [0.1, 0.15) is 36.4 Å². The zero-order valence-electron chi connectivity index (χ0n) is 11.6. The van der Waals surface area contributed by atoms with E-state index in [2.05, 4.69) is 34.2 Å². The highest BCUT2D eigenvalue weighted by Crippen LogP contribution is 2.29. The molecule has 0 aliphatic heterocycles. The fourth-order valence-corrected chi connectivity index (χ4v) is 3.50. The lowest BCUT2D eigenvalue weighted by molar-refractivity contribution is 0.385. The first-order valence-corrected chi connectivity index (χ1v) is 7.97. The van der Waals surface area contributed by atoms with Gasteiger partial charge < -0.3 is 10.1 Å². The Balaban J connectivity index is 2.07. The fourth-order valence-electron chi connectivity index (χ4n) is 2.07. The summed E-state index contributed by atoms with van der Waals surface area (Å²) in [5.74, 6) is -0.0543. The van der Waals surface area contributed by atoms with Crippen LogP contribution in [-0.2, 0) is 0 Å². The molecule has 1 heterocycles. The molecular formula is C15H17BrFNOS. The Morgan fingerprint density at radius 3 is 2.50 bits per heavy atom. The van der Waals surface area contributed by atoms with Crippen molar-refractivity contribution in [2.24, 2.45) is 0 Å². The molecular weight excluding hydrogens is 341 g/mol. The van der Waals surface area contributed by atoms with Crippen molar-refractivity contribution in [3.05, 3.63) is 50.4 Å². The second kappa shape index (κ2) is 6.70. The molecule has 2 unspecified atom stereocenters. The second-order valence-electron chi connectivity index (χ2n) is 4.65. The molecule has 0 bridgehead atoms. The molecule has 2 aromatic rings.